The number of thiazole rings is 1. The molecule has 14 nitrogen and oxygen atoms in total. The van der Waals surface area contributed by atoms with Gasteiger partial charge in [0.2, 0.25) is 5.95 Å². The molecule has 2 aromatic heterocycles. The van der Waals surface area contributed by atoms with Crippen LogP contribution in [0.1, 0.15) is 68.7 Å². The van der Waals surface area contributed by atoms with Crippen LogP contribution in [-0.2, 0) is 23.7 Å². The highest BCUT2D eigenvalue weighted by molar-refractivity contribution is 7.21. The number of carbonyl (C=O) groups excluding carboxylic acids is 3. The molecule has 4 rings (SSSR count). The van der Waals surface area contributed by atoms with Crippen molar-refractivity contribution < 1.29 is 43.2 Å². The summed E-state index contributed by atoms with van der Waals surface area (Å²) in [5, 5.41) is 12.3. The lowest BCUT2D eigenvalue weighted by molar-refractivity contribution is -0.0725. The molecule has 16 heteroatoms. The number of aliphatic hydroxyl groups is 1. The van der Waals surface area contributed by atoms with Crippen LogP contribution in [0.4, 0.5) is 26.1 Å². The monoisotopic (exact) mass is 735 g/mol. The molecular weight excluding hydrogens is 690 g/mol. The van der Waals surface area contributed by atoms with E-state index in [2.05, 4.69) is 4.98 Å². The molecule has 1 N–H and O–H groups in total. The normalized spacial score (nSPS) is 19.5. The zero-order valence-electron chi connectivity index (χ0n) is 30.3. The summed E-state index contributed by atoms with van der Waals surface area (Å²) in [6.45, 7) is 15.2. The fourth-order valence-corrected chi connectivity index (χ4v) is 6.50. The Hall–Kier alpha value is -3.95. The summed E-state index contributed by atoms with van der Waals surface area (Å²) in [6, 6.07) is 6.79. The molecule has 1 aromatic carbocycles. The van der Waals surface area contributed by atoms with Crippen molar-refractivity contribution in [3.8, 4) is 10.6 Å². The third-order valence-corrected chi connectivity index (χ3v) is 8.63. The van der Waals surface area contributed by atoms with E-state index in [1.807, 2.05) is 24.3 Å². The number of likely N-dealkylation sites (N-methyl/N-ethyl adjacent to an activating group) is 1. The molecule has 1 fully saturated rings. The Morgan fingerprint density at radius 1 is 0.900 bits per heavy atom. The topological polar surface area (TPSA) is 163 Å². The number of hydrogen-bond donors (Lipinski definition) is 1. The number of halogens is 1. The quantitative estimate of drug-likeness (QED) is 0.147. The molecule has 0 saturated heterocycles. The number of fused-ring (bicyclic) bond motifs is 1. The Morgan fingerprint density at radius 2 is 1.50 bits per heavy atom. The number of rotatable bonds is 7. The van der Waals surface area contributed by atoms with Gasteiger partial charge in [-0.1, -0.05) is 23.7 Å². The van der Waals surface area contributed by atoms with Crippen LogP contribution in [0.2, 0.25) is 5.15 Å². The number of hydrogen-bond acceptors (Lipinski definition) is 14. The first-order valence-electron chi connectivity index (χ1n) is 16.1. The van der Waals surface area contributed by atoms with Gasteiger partial charge in [-0.2, -0.15) is 9.97 Å². The van der Waals surface area contributed by atoms with Gasteiger partial charge in [0.25, 0.3) is 0 Å². The van der Waals surface area contributed by atoms with Crippen molar-refractivity contribution >= 4 is 63.3 Å². The third-order valence-electron chi connectivity index (χ3n) is 7.31. The summed E-state index contributed by atoms with van der Waals surface area (Å²) in [6.07, 6.45) is -4.90. The second-order valence-corrected chi connectivity index (χ2v) is 16.4. The molecule has 0 radical (unpaired) electrons. The zero-order chi connectivity index (χ0) is 37.3. The highest BCUT2D eigenvalue weighted by Gasteiger charge is 2.49. The van der Waals surface area contributed by atoms with Crippen molar-refractivity contribution in [2.75, 3.05) is 30.5 Å². The number of anilines is 2. The molecule has 0 aliphatic heterocycles. The third kappa shape index (κ3) is 9.85. The number of ether oxygens (including phenoxy) is 5. The second-order valence-electron chi connectivity index (χ2n) is 15.0. The molecule has 0 bridgehead atoms. The molecule has 1 aliphatic carbocycles. The molecule has 4 atom stereocenters. The number of nitrogens with zero attached hydrogens (tertiary/aromatic N) is 5. The molecular formula is C34H46ClN5O9S. The van der Waals surface area contributed by atoms with Crippen LogP contribution in [-0.4, -0.2) is 94.2 Å². The molecule has 0 unspecified atom stereocenters. The van der Waals surface area contributed by atoms with E-state index in [0.29, 0.717) is 10.6 Å². The first-order valence-corrected chi connectivity index (χ1v) is 17.3. The van der Waals surface area contributed by atoms with Crippen molar-refractivity contribution in [1.82, 2.24) is 15.0 Å². The SMILES string of the molecule is CN(C(=O)OC(C)(C)C)c1nc(Cl)c(-c2nc3ccccc3s2)c(N(C)[C@@H]2C[C@H](COC(=O)OC(C)(C)C)[C@@H](OC(=O)OC(C)(C)C)[C@H]2O)n1. The van der Waals surface area contributed by atoms with E-state index in [-0.39, 0.29) is 29.9 Å². The van der Waals surface area contributed by atoms with Crippen molar-refractivity contribution in [3.05, 3.63) is 29.4 Å². The summed E-state index contributed by atoms with van der Waals surface area (Å²) in [7, 11) is 3.14. The van der Waals surface area contributed by atoms with Crippen LogP contribution < -0.4 is 9.80 Å². The van der Waals surface area contributed by atoms with Gasteiger partial charge < -0.3 is 33.7 Å². The first kappa shape index (κ1) is 38.8. The molecule has 2 heterocycles. The highest BCUT2D eigenvalue weighted by atomic mass is 35.5. The minimum Gasteiger partial charge on any atom is -0.443 e. The summed E-state index contributed by atoms with van der Waals surface area (Å²) in [5.41, 5.74) is -1.35. The average Bonchev–Trinajstić information content (AvgIpc) is 3.52. The van der Waals surface area contributed by atoms with Crippen LogP contribution in [0.25, 0.3) is 20.8 Å². The molecule has 1 aliphatic rings. The van der Waals surface area contributed by atoms with Crippen molar-refractivity contribution in [2.24, 2.45) is 5.92 Å². The predicted molar refractivity (Wildman–Crippen MR) is 190 cm³/mol. The second kappa shape index (κ2) is 14.7. The maximum atomic E-state index is 13.0. The molecule has 1 saturated carbocycles. The van der Waals surface area contributed by atoms with Gasteiger partial charge in [-0.15, -0.1) is 11.3 Å². The van der Waals surface area contributed by atoms with Gasteiger partial charge in [0.15, 0.2) is 0 Å². The number of carbonyl (C=O) groups is 3. The Balaban J connectivity index is 1.76. The number of aromatic nitrogens is 3. The predicted octanol–water partition coefficient (Wildman–Crippen LogP) is 7.24. The summed E-state index contributed by atoms with van der Waals surface area (Å²) in [4.78, 5) is 55.1. The van der Waals surface area contributed by atoms with E-state index in [0.717, 1.165) is 15.1 Å². The van der Waals surface area contributed by atoms with E-state index in [9.17, 15) is 19.5 Å². The Bertz CT molecular complexity index is 1680. The van der Waals surface area contributed by atoms with Crippen LogP contribution in [0, 0.1) is 5.92 Å². The van der Waals surface area contributed by atoms with Gasteiger partial charge in [0.1, 0.15) is 51.6 Å². The largest absolute Gasteiger partial charge is 0.509 e. The van der Waals surface area contributed by atoms with Gasteiger partial charge in [0, 0.05) is 20.0 Å². The van der Waals surface area contributed by atoms with Crippen LogP contribution in [0.15, 0.2) is 24.3 Å². The molecule has 1 amide bonds. The average molecular weight is 736 g/mol. The Kier molecular flexibility index (Phi) is 11.4. The number of amides is 1. The minimum absolute atomic E-state index is 0.00478. The zero-order valence-corrected chi connectivity index (χ0v) is 31.8. The lowest BCUT2D eigenvalue weighted by Crippen LogP contribution is -2.44. The van der Waals surface area contributed by atoms with E-state index in [1.165, 1.54) is 18.4 Å². The first-order chi connectivity index (χ1) is 23.0. The highest BCUT2D eigenvalue weighted by Crippen LogP contribution is 2.43. The fourth-order valence-electron chi connectivity index (χ4n) is 5.19. The van der Waals surface area contributed by atoms with E-state index in [1.54, 1.807) is 74.3 Å². The number of aliphatic hydroxyl groups excluding tert-OH is 1. The van der Waals surface area contributed by atoms with Crippen molar-refractivity contribution in [1.29, 1.82) is 0 Å². The van der Waals surface area contributed by atoms with Gasteiger partial charge in [-0.25, -0.2) is 24.3 Å². The summed E-state index contributed by atoms with van der Waals surface area (Å²) in [5.74, 6) is -0.498. The van der Waals surface area contributed by atoms with Crippen LogP contribution >= 0.6 is 22.9 Å². The Labute approximate surface area is 301 Å². The molecule has 50 heavy (non-hydrogen) atoms. The van der Waals surface area contributed by atoms with Crippen molar-refractivity contribution in [2.45, 2.75) is 104 Å². The van der Waals surface area contributed by atoms with Gasteiger partial charge in [0.05, 0.1) is 21.8 Å². The Morgan fingerprint density at radius 3 is 2.10 bits per heavy atom. The van der Waals surface area contributed by atoms with Gasteiger partial charge in [-0.3, -0.25) is 0 Å². The molecule has 0 spiro atoms. The lowest BCUT2D eigenvalue weighted by atomic mass is 10.1. The molecule has 274 valence electrons. The van der Waals surface area contributed by atoms with Gasteiger partial charge in [-0.05, 0) is 80.9 Å². The standard InChI is InChI=1S/C34H46ClN5O9S/c1-32(2,3)47-29(42)40(11)28-37-25(35)22(27-36-19-14-12-13-15-21(19)50-27)26(38-28)39(10)20-16-18(17-45-30(43)48-33(4,5)6)24(23(20)41)46-31(44)49-34(7,8)9/h12-15,18,20,23-24,41H,16-17H2,1-11H3/t18-,20-,23+,24-/m1/s1. The van der Waals surface area contributed by atoms with Crippen LogP contribution in [0.5, 0.6) is 0 Å². The van der Waals surface area contributed by atoms with Crippen molar-refractivity contribution in [3.63, 3.8) is 0 Å². The van der Waals surface area contributed by atoms with Gasteiger partial charge >= 0.3 is 18.4 Å². The number of para-hydroxylation sites is 1. The lowest BCUT2D eigenvalue weighted by Gasteiger charge is -2.31. The summed E-state index contributed by atoms with van der Waals surface area (Å²) < 4.78 is 28.2. The minimum atomic E-state index is -1.32. The molecule has 3 aromatic rings. The van der Waals surface area contributed by atoms with E-state index in [4.69, 9.17) is 45.3 Å². The van der Waals surface area contributed by atoms with E-state index < -0.39 is 59.4 Å². The smallest absolute Gasteiger partial charge is 0.443 e. The van der Waals surface area contributed by atoms with Crippen LogP contribution in [0.3, 0.4) is 0 Å². The number of benzene rings is 1. The fraction of sp³-hybridized carbons (Fsp3) is 0.588. The van der Waals surface area contributed by atoms with E-state index >= 15 is 0 Å². The maximum Gasteiger partial charge on any atom is 0.509 e. The summed E-state index contributed by atoms with van der Waals surface area (Å²) >= 11 is 8.25. The maximum absolute atomic E-state index is 13.0.